The maximum absolute atomic E-state index is 12.3. The van der Waals surface area contributed by atoms with Gasteiger partial charge in [-0.05, 0) is 46.1 Å². The van der Waals surface area contributed by atoms with Gasteiger partial charge in [0.15, 0.2) is 0 Å². The Labute approximate surface area is 132 Å². The number of amidine groups is 1. The zero-order chi connectivity index (χ0) is 16.5. The number of amides is 1. The number of hydrogen-bond donors (Lipinski definition) is 1. The number of hydrogen-bond acceptors (Lipinski definition) is 5. The second-order valence-corrected chi connectivity index (χ2v) is 5.34. The van der Waals surface area contributed by atoms with Crippen LogP contribution in [0.25, 0.3) is 0 Å². The Balaban J connectivity index is 2.76. The van der Waals surface area contributed by atoms with Crippen LogP contribution in [0.5, 0.6) is 5.75 Å². The maximum atomic E-state index is 12.3. The molecule has 0 spiro atoms. The van der Waals surface area contributed by atoms with Crippen molar-refractivity contribution in [1.82, 2.24) is 10.2 Å². The number of methoxy groups -OCH3 is 1. The Morgan fingerprint density at radius 2 is 2.09 bits per heavy atom. The van der Waals surface area contributed by atoms with Crippen molar-refractivity contribution in [3.63, 3.8) is 0 Å². The highest BCUT2D eigenvalue weighted by Crippen LogP contribution is 2.12. The second kappa shape index (κ2) is 9.04. The van der Waals surface area contributed by atoms with Crippen molar-refractivity contribution < 1.29 is 14.3 Å². The van der Waals surface area contributed by atoms with Crippen LogP contribution in [0.15, 0.2) is 29.3 Å². The van der Waals surface area contributed by atoms with Gasteiger partial charge >= 0.3 is 0 Å². The molecule has 1 amide bonds. The van der Waals surface area contributed by atoms with Crippen molar-refractivity contribution in [2.24, 2.45) is 4.99 Å². The smallest absolute Gasteiger partial charge is 0.291 e. The first-order valence-electron chi connectivity index (χ1n) is 7.23. The van der Waals surface area contributed by atoms with Gasteiger partial charge in [-0.15, -0.1) is 0 Å². The number of carbonyl (C=O) groups excluding carboxylic acids is 1. The van der Waals surface area contributed by atoms with E-state index >= 15 is 0 Å². The summed E-state index contributed by atoms with van der Waals surface area (Å²) in [6.07, 6.45) is -0.0660. The normalized spacial score (nSPS) is 11.7. The zero-order valence-corrected chi connectivity index (χ0v) is 13.9. The molecule has 0 heterocycles. The van der Waals surface area contributed by atoms with Crippen molar-refractivity contribution in [3.05, 3.63) is 29.8 Å². The van der Waals surface area contributed by atoms with E-state index in [2.05, 4.69) is 10.3 Å². The molecular weight excluding hydrogens is 282 g/mol. The number of rotatable bonds is 6. The molecule has 1 rings (SSSR count). The molecule has 0 bridgehead atoms. The summed E-state index contributed by atoms with van der Waals surface area (Å²) in [4.78, 5) is 18.6. The Hall–Kier alpha value is -2.08. The Morgan fingerprint density at radius 3 is 2.68 bits per heavy atom. The summed E-state index contributed by atoms with van der Waals surface area (Å²) in [6, 6.07) is 7.17. The van der Waals surface area contributed by atoms with E-state index in [0.29, 0.717) is 17.9 Å². The van der Waals surface area contributed by atoms with Gasteiger partial charge in [0.1, 0.15) is 5.75 Å². The molecule has 0 fully saturated rings. The van der Waals surface area contributed by atoms with Crippen LogP contribution in [-0.2, 0) is 4.74 Å². The fraction of sp³-hybridized carbons (Fsp3) is 0.500. The number of ether oxygens (including phenoxy) is 2. The van der Waals surface area contributed by atoms with Crippen LogP contribution in [-0.4, -0.2) is 57.2 Å². The first kappa shape index (κ1) is 18.0. The molecule has 0 saturated carbocycles. The molecule has 1 aromatic carbocycles. The molecule has 0 aliphatic heterocycles. The molecule has 22 heavy (non-hydrogen) atoms. The summed E-state index contributed by atoms with van der Waals surface area (Å²) in [5, 5.41) is 2.70. The van der Waals surface area contributed by atoms with E-state index in [1.54, 1.807) is 31.4 Å². The van der Waals surface area contributed by atoms with Crippen molar-refractivity contribution in [2.45, 2.75) is 20.0 Å². The summed E-state index contributed by atoms with van der Waals surface area (Å²) in [6.45, 7) is 5.10. The van der Waals surface area contributed by atoms with Gasteiger partial charge < -0.3 is 14.4 Å². The first-order chi connectivity index (χ1) is 10.4. The highest BCUT2D eigenvalue weighted by Gasteiger charge is 2.12. The molecule has 0 atom stereocenters. The lowest BCUT2D eigenvalue weighted by Gasteiger charge is -2.14. The molecule has 1 N–H and O–H groups in total. The lowest BCUT2D eigenvalue weighted by Crippen LogP contribution is -2.34. The first-order valence-corrected chi connectivity index (χ1v) is 7.23. The molecule has 0 radical (unpaired) electrons. The summed E-state index contributed by atoms with van der Waals surface area (Å²) < 4.78 is 10.7. The minimum Gasteiger partial charge on any atom is -0.497 e. The monoisotopic (exact) mass is 307 g/mol. The minimum atomic E-state index is -0.275. The largest absolute Gasteiger partial charge is 0.497 e. The van der Waals surface area contributed by atoms with Crippen LogP contribution in [0.2, 0.25) is 0 Å². The lowest BCUT2D eigenvalue weighted by atomic mass is 10.2. The third-order valence-electron chi connectivity index (χ3n) is 2.70. The van der Waals surface area contributed by atoms with E-state index in [-0.39, 0.29) is 18.0 Å². The molecule has 1 aromatic rings. The molecule has 122 valence electrons. The Bertz CT molecular complexity index is 513. The van der Waals surface area contributed by atoms with Gasteiger partial charge in [0.05, 0.1) is 19.8 Å². The third-order valence-corrected chi connectivity index (χ3v) is 2.70. The summed E-state index contributed by atoms with van der Waals surface area (Å²) in [5.74, 6) is 0.353. The minimum absolute atomic E-state index is 0.0660. The number of likely N-dealkylation sites (N-methyl/N-ethyl adjacent to an activating group) is 1. The summed E-state index contributed by atoms with van der Waals surface area (Å²) in [5.41, 5.74) is 0.493. The van der Waals surface area contributed by atoms with Crippen molar-refractivity contribution >= 4 is 11.9 Å². The zero-order valence-electron chi connectivity index (χ0n) is 13.9. The van der Waals surface area contributed by atoms with E-state index in [1.165, 1.54) is 0 Å². The van der Waals surface area contributed by atoms with Crippen LogP contribution in [0.1, 0.15) is 24.2 Å². The van der Waals surface area contributed by atoms with Gasteiger partial charge in [0, 0.05) is 12.1 Å². The molecule has 0 saturated heterocycles. The maximum Gasteiger partial charge on any atom is 0.291 e. The van der Waals surface area contributed by atoms with Gasteiger partial charge in [-0.2, -0.15) is 0 Å². The van der Waals surface area contributed by atoms with Gasteiger partial charge in [0.25, 0.3) is 11.9 Å². The van der Waals surface area contributed by atoms with Crippen LogP contribution in [0.4, 0.5) is 0 Å². The van der Waals surface area contributed by atoms with Crippen molar-refractivity contribution in [2.75, 3.05) is 34.3 Å². The van der Waals surface area contributed by atoms with Crippen LogP contribution in [0, 0.1) is 0 Å². The highest BCUT2D eigenvalue weighted by atomic mass is 16.5. The summed E-state index contributed by atoms with van der Waals surface area (Å²) >= 11 is 0. The predicted molar refractivity (Wildman–Crippen MR) is 87.5 cm³/mol. The van der Waals surface area contributed by atoms with E-state index in [1.807, 2.05) is 32.8 Å². The van der Waals surface area contributed by atoms with Gasteiger partial charge in [-0.25, -0.2) is 4.99 Å². The topological polar surface area (TPSA) is 63.2 Å². The molecule has 6 heteroatoms. The van der Waals surface area contributed by atoms with Crippen molar-refractivity contribution in [1.29, 1.82) is 0 Å². The molecule has 0 aliphatic rings. The van der Waals surface area contributed by atoms with E-state index in [4.69, 9.17) is 9.47 Å². The molecule has 0 unspecified atom stereocenters. The second-order valence-electron chi connectivity index (χ2n) is 5.34. The molecular formula is C16H25N3O3. The fourth-order valence-corrected chi connectivity index (χ4v) is 1.61. The standard InChI is InChI=1S/C16H25N3O3/c1-12(2)22-16(17-9-10-19(3)4)18-15(20)13-7-6-8-14(11-13)21-5/h6-8,11-12H,9-10H2,1-5H3,(H,17,18,20). The summed E-state index contributed by atoms with van der Waals surface area (Å²) in [7, 11) is 5.49. The molecule has 0 aromatic heterocycles. The van der Waals surface area contributed by atoms with Crippen molar-refractivity contribution in [3.8, 4) is 5.75 Å². The molecule has 0 aliphatic carbocycles. The number of nitrogens with one attached hydrogen (secondary N) is 1. The third kappa shape index (κ3) is 6.58. The quantitative estimate of drug-likeness (QED) is 0.642. The van der Waals surface area contributed by atoms with Crippen LogP contribution < -0.4 is 10.1 Å². The van der Waals surface area contributed by atoms with E-state index < -0.39 is 0 Å². The number of aliphatic imine (C=N–C) groups is 1. The van der Waals surface area contributed by atoms with Gasteiger partial charge in [-0.3, -0.25) is 10.1 Å². The van der Waals surface area contributed by atoms with Gasteiger partial charge in [0.2, 0.25) is 0 Å². The lowest BCUT2D eigenvalue weighted by molar-refractivity contribution is 0.0959. The Kier molecular flexibility index (Phi) is 7.39. The van der Waals surface area contributed by atoms with E-state index in [9.17, 15) is 4.79 Å². The number of carbonyl (C=O) groups is 1. The van der Waals surface area contributed by atoms with Crippen LogP contribution in [0.3, 0.4) is 0 Å². The van der Waals surface area contributed by atoms with Gasteiger partial charge in [-0.1, -0.05) is 6.07 Å². The SMILES string of the molecule is COc1cccc(C(=O)NC(=NCCN(C)C)OC(C)C)c1. The number of benzene rings is 1. The average molecular weight is 307 g/mol. The fourth-order valence-electron chi connectivity index (χ4n) is 1.61. The number of nitrogens with zero attached hydrogens (tertiary/aromatic N) is 2. The van der Waals surface area contributed by atoms with Crippen LogP contribution >= 0.6 is 0 Å². The van der Waals surface area contributed by atoms with E-state index in [0.717, 1.165) is 6.54 Å². The predicted octanol–water partition coefficient (Wildman–Crippen LogP) is 1.77. The highest BCUT2D eigenvalue weighted by molar-refractivity contribution is 6.04. The molecule has 6 nitrogen and oxygen atoms in total. The Morgan fingerprint density at radius 1 is 1.36 bits per heavy atom. The average Bonchev–Trinajstić information content (AvgIpc) is 2.46.